The van der Waals surface area contributed by atoms with Crippen LogP contribution in [-0.2, 0) is 15.6 Å². The van der Waals surface area contributed by atoms with Gasteiger partial charge in [0, 0.05) is 16.7 Å². The van der Waals surface area contributed by atoms with E-state index < -0.39 is 5.60 Å². The summed E-state index contributed by atoms with van der Waals surface area (Å²) in [5.74, 6) is 11.3. The third-order valence-electron chi connectivity index (χ3n) is 6.77. The predicted octanol–water partition coefficient (Wildman–Crippen LogP) is 6.96. The fourth-order valence-corrected chi connectivity index (χ4v) is 4.31. The van der Waals surface area contributed by atoms with Gasteiger partial charge in [-0.1, -0.05) is 96.0 Å². The van der Waals surface area contributed by atoms with E-state index in [0.717, 1.165) is 16.7 Å². The molecule has 3 heteroatoms. The zero-order valence-electron chi connectivity index (χ0n) is 23.4. The quantitative estimate of drug-likeness (QED) is 0.364. The number of ketones is 1. The van der Waals surface area contributed by atoms with Gasteiger partial charge in [-0.15, -0.1) is 0 Å². The van der Waals surface area contributed by atoms with E-state index in [1.54, 1.807) is 12.1 Å². The molecule has 2 N–H and O–H groups in total. The first-order valence-electron chi connectivity index (χ1n) is 13.0. The molecule has 0 aromatic heterocycles. The molecule has 3 nitrogen and oxygen atoms in total. The number of aromatic hydroxyl groups is 1. The smallest absolute Gasteiger partial charge is 0.186 e. The molecule has 4 rings (SSSR count). The Kier molecular flexibility index (Phi) is 7.43. The van der Waals surface area contributed by atoms with Crippen molar-refractivity contribution in [3.63, 3.8) is 0 Å². The van der Waals surface area contributed by atoms with E-state index in [2.05, 4.69) is 77.4 Å². The number of carbonyl (C=O) groups excluding carboxylic acids is 1. The maximum Gasteiger partial charge on any atom is 0.186 e. The van der Waals surface area contributed by atoms with E-state index in [1.807, 2.05) is 42.5 Å². The lowest BCUT2D eigenvalue weighted by molar-refractivity contribution is -0.109. The number of aliphatic hydroxyl groups is 1. The van der Waals surface area contributed by atoms with E-state index in [1.165, 1.54) is 23.8 Å². The van der Waals surface area contributed by atoms with Crippen molar-refractivity contribution in [2.24, 2.45) is 0 Å². The Labute approximate surface area is 231 Å². The Morgan fingerprint density at radius 3 is 1.87 bits per heavy atom. The summed E-state index contributed by atoms with van der Waals surface area (Å²) < 4.78 is 0. The fraction of sp³-hybridized carbons (Fsp3) is 0.250. The van der Waals surface area contributed by atoms with Gasteiger partial charge in [-0.25, -0.2) is 0 Å². The van der Waals surface area contributed by atoms with Crippen LogP contribution in [0.25, 0.3) is 16.7 Å². The summed E-state index contributed by atoms with van der Waals surface area (Å²) >= 11 is 0. The monoisotopic (exact) mass is 514 g/mol. The molecule has 0 fully saturated rings. The molecule has 1 atom stereocenters. The number of allylic oxidation sites excluding steroid dienone is 2. The molecule has 0 saturated carbocycles. The second-order valence-corrected chi connectivity index (χ2v) is 12.0. The summed E-state index contributed by atoms with van der Waals surface area (Å²) in [5, 5.41) is 21.5. The first-order chi connectivity index (χ1) is 18.2. The lowest BCUT2D eigenvalue weighted by Crippen LogP contribution is -2.25. The SMILES string of the molecule is CC(C)(C)c1ccc(C2=CC(O)(C#CC#Cc3ccc(O)c(-c4ccc(C(C)(C)C)cc4)c3)C=CC2=O)cc1. The third kappa shape index (κ3) is 6.58. The topological polar surface area (TPSA) is 57.5 Å². The second-order valence-electron chi connectivity index (χ2n) is 12.0. The minimum Gasteiger partial charge on any atom is -0.507 e. The Balaban J connectivity index is 1.57. The Morgan fingerprint density at radius 2 is 1.31 bits per heavy atom. The molecule has 3 aromatic rings. The highest BCUT2D eigenvalue weighted by molar-refractivity contribution is 6.27. The molecule has 1 unspecified atom stereocenters. The first kappa shape index (κ1) is 27.7. The van der Waals surface area contributed by atoms with E-state index in [9.17, 15) is 15.0 Å². The van der Waals surface area contributed by atoms with Crippen LogP contribution in [-0.4, -0.2) is 21.6 Å². The largest absolute Gasteiger partial charge is 0.507 e. The van der Waals surface area contributed by atoms with Gasteiger partial charge in [0.25, 0.3) is 0 Å². The van der Waals surface area contributed by atoms with Gasteiger partial charge in [0.2, 0.25) is 0 Å². The summed E-state index contributed by atoms with van der Waals surface area (Å²) in [4.78, 5) is 12.6. The maximum atomic E-state index is 12.6. The van der Waals surface area contributed by atoms with Crippen molar-refractivity contribution in [2.45, 2.75) is 58.0 Å². The molecule has 0 bridgehead atoms. The van der Waals surface area contributed by atoms with Crippen molar-refractivity contribution < 1.29 is 15.0 Å². The molecule has 3 aromatic carbocycles. The minimum absolute atomic E-state index is 0.00339. The lowest BCUT2D eigenvalue weighted by atomic mass is 9.84. The van der Waals surface area contributed by atoms with Crippen LogP contribution in [0.3, 0.4) is 0 Å². The molecule has 0 heterocycles. The van der Waals surface area contributed by atoms with Crippen LogP contribution in [0.1, 0.15) is 63.8 Å². The van der Waals surface area contributed by atoms with Gasteiger partial charge in [0.05, 0.1) is 0 Å². The second kappa shape index (κ2) is 10.5. The molecule has 0 radical (unpaired) electrons. The van der Waals surface area contributed by atoms with Crippen molar-refractivity contribution in [2.75, 3.05) is 0 Å². The fourth-order valence-electron chi connectivity index (χ4n) is 4.31. The summed E-state index contributed by atoms with van der Waals surface area (Å²) in [5.41, 5.74) is 4.24. The number of hydrogen-bond donors (Lipinski definition) is 2. The predicted molar refractivity (Wildman–Crippen MR) is 159 cm³/mol. The molecule has 1 aliphatic rings. The lowest BCUT2D eigenvalue weighted by Gasteiger charge is -2.21. The maximum absolute atomic E-state index is 12.6. The highest BCUT2D eigenvalue weighted by atomic mass is 16.3. The van der Waals surface area contributed by atoms with Gasteiger partial charge in [-0.2, -0.15) is 0 Å². The van der Waals surface area contributed by atoms with E-state index in [-0.39, 0.29) is 22.4 Å². The molecule has 39 heavy (non-hydrogen) atoms. The van der Waals surface area contributed by atoms with Gasteiger partial charge >= 0.3 is 0 Å². The van der Waals surface area contributed by atoms with Crippen molar-refractivity contribution in [3.05, 3.63) is 107 Å². The van der Waals surface area contributed by atoms with Gasteiger partial charge in [-0.3, -0.25) is 4.79 Å². The molecular weight excluding hydrogens is 480 g/mol. The zero-order valence-corrected chi connectivity index (χ0v) is 23.4. The number of rotatable bonds is 2. The molecule has 196 valence electrons. The average Bonchev–Trinajstić information content (AvgIpc) is 2.88. The molecule has 0 amide bonds. The Hall–Kier alpha value is -4.31. The minimum atomic E-state index is -1.60. The van der Waals surface area contributed by atoms with Crippen LogP contribution in [0.15, 0.2) is 85.0 Å². The molecule has 0 spiro atoms. The van der Waals surface area contributed by atoms with Crippen LogP contribution in [0, 0.1) is 23.7 Å². The standard InChI is InChI=1S/C36H34O3/c1-34(2,3)28-15-11-26(12-16-28)30-23-25(10-19-32(30)37)9-7-8-21-36(39)22-20-33(38)31(24-36)27-13-17-29(18-14-27)35(4,5)6/h10-20,22-24,37,39H,1-6H3. The summed E-state index contributed by atoms with van der Waals surface area (Å²) in [6, 6.07) is 21.1. The summed E-state index contributed by atoms with van der Waals surface area (Å²) in [7, 11) is 0. The number of benzene rings is 3. The highest BCUT2D eigenvalue weighted by Crippen LogP contribution is 2.32. The average molecular weight is 515 g/mol. The molecule has 1 aliphatic carbocycles. The number of phenols is 1. The molecule has 0 saturated heterocycles. The van der Waals surface area contributed by atoms with Crippen LogP contribution < -0.4 is 0 Å². The Bertz CT molecular complexity index is 1580. The summed E-state index contributed by atoms with van der Waals surface area (Å²) in [6.07, 6.45) is 4.22. The van der Waals surface area contributed by atoms with E-state index >= 15 is 0 Å². The molecule has 0 aliphatic heterocycles. The van der Waals surface area contributed by atoms with Crippen molar-refractivity contribution in [3.8, 4) is 40.6 Å². The van der Waals surface area contributed by atoms with E-state index in [0.29, 0.717) is 16.7 Å². The van der Waals surface area contributed by atoms with E-state index in [4.69, 9.17) is 0 Å². The zero-order chi connectivity index (χ0) is 28.4. The normalized spacial score (nSPS) is 17.0. The van der Waals surface area contributed by atoms with Crippen LogP contribution in [0.2, 0.25) is 0 Å². The van der Waals surface area contributed by atoms with Crippen LogP contribution in [0.5, 0.6) is 5.75 Å². The van der Waals surface area contributed by atoms with Crippen LogP contribution >= 0.6 is 0 Å². The summed E-state index contributed by atoms with van der Waals surface area (Å²) in [6.45, 7) is 12.9. The number of phenolic OH excluding ortho intramolecular Hbond substituents is 1. The first-order valence-corrected chi connectivity index (χ1v) is 13.0. The van der Waals surface area contributed by atoms with Crippen molar-refractivity contribution >= 4 is 11.4 Å². The van der Waals surface area contributed by atoms with Crippen LogP contribution in [0.4, 0.5) is 0 Å². The van der Waals surface area contributed by atoms with Gasteiger partial charge in [-0.05, 0) is 87.3 Å². The highest BCUT2D eigenvalue weighted by Gasteiger charge is 2.26. The van der Waals surface area contributed by atoms with Gasteiger partial charge in [0.1, 0.15) is 5.75 Å². The Morgan fingerprint density at radius 1 is 0.744 bits per heavy atom. The van der Waals surface area contributed by atoms with Gasteiger partial charge in [0.15, 0.2) is 11.4 Å². The van der Waals surface area contributed by atoms with Gasteiger partial charge < -0.3 is 10.2 Å². The van der Waals surface area contributed by atoms with Crippen molar-refractivity contribution in [1.82, 2.24) is 0 Å². The molecular formula is C36H34O3. The number of carbonyl (C=O) groups is 1. The van der Waals surface area contributed by atoms with Crippen molar-refractivity contribution in [1.29, 1.82) is 0 Å². The number of hydrogen-bond acceptors (Lipinski definition) is 3. The third-order valence-corrected chi connectivity index (χ3v) is 6.77.